The number of hydrogen-bond donors (Lipinski definition) is 3. The molecule has 0 spiro atoms. The Bertz CT molecular complexity index is 957. The quantitative estimate of drug-likeness (QED) is 0.510. The molecule has 2 aliphatic rings. The van der Waals surface area contributed by atoms with Crippen molar-refractivity contribution in [3.8, 4) is 0 Å². The van der Waals surface area contributed by atoms with E-state index in [4.69, 9.17) is 0 Å². The van der Waals surface area contributed by atoms with Crippen LogP contribution in [0.25, 0.3) is 0 Å². The average molecular weight is 470 g/mol. The Kier molecular flexibility index (Phi) is 8.18. The number of aliphatic hydroxyl groups is 1. The van der Waals surface area contributed by atoms with Gasteiger partial charge in [0.25, 0.3) is 0 Å². The van der Waals surface area contributed by atoms with Crippen molar-refractivity contribution in [2.24, 2.45) is 29.6 Å². The average Bonchev–Trinajstić information content (AvgIpc) is 3.08. The summed E-state index contributed by atoms with van der Waals surface area (Å²) in [6.45, 7) is 9.57. The predicted molar refractivity (Wildman–Crippen MR) is 133 cm³/mol. The molecule has 7 nitrogen and oxygen atoms in total. The van der Waals surface area contributed by atoms with Crippen molar-refractivity contribution in [2.45, 2.75) is 59.5 Å². The number of likely N-dealkylation sites (tertiary alicyclic amines) is 1. The Hall–Kier alpha value is -2.67. The number of carbonyl (C=O) groups excluding carboxylic acids is 3. The Morgan fingerprint density at radius 3 is 2.44 bits per heavy atom. The predicted octanol–water partition coefficient (Wildman–Crippen LogP) is 3.05. The lowest BCUT2D eigenvalue weighted by Gasteiger charge is -2.35. The van der Waals surface area contributed by atoms with Crippen LogP contribution in [0.4, 0.5) is 5.69 Å². The van der Waals surface area contributed by atoms with Gasteiger partial charge < -0.3 is 20.6 Å². The molecule has 1 saturated heterocycles. The number of amides is 3. The third kappa shape index (κ3) is 4.76. The first-order chi connectivity index (χ1) is 16.2. The molecular weight excluding hydrogens is 430 g/mol. The van der Waals surface area contributed by atoms with Crippen LogP contribution in [0.3, 0.4) is 0 Å². The van der Waals surface area contributed by atoms with Gasteiger partial charge in [-0.1, -0.05) is 51.5 Å². The maximum Gasteiger partial charge on any atom is 0.247 e. The van der Waals surface area contributed by atoms with Crippen LogP contribution < -0.4 is 10.6 Å². The Balaban J connectivity index is 2.08. The summed E-state index contributed by atoms with van der Waals surface area (Å²) < 4.78 is 0. The fourth-order valence-corrected chi connectivity index (χ4v) is 5.63. The van der Waals surface area contributed by atoms with Crippen molar-refractivity contribution in [3.63, 3.8) is 0 Å². The van der Waals surface area contributed by atoms with E-state index in [-0.39, 0.29) is 36.2 Å². The second-order valence-corrected chi connectivity index (χ2v) is 10.1. The normalized spacial score (nSPS) is 27.0. The molecule has 1 aromatic rings. The topological polar surface area (TPSA) is 98.7 Å². The van der Waals surface area contributed by atoms with Crippen LogP contribution in [0.5, 0.6) is 0 Å². The lowest BCUT2D eigenvalue weighted by atomic mass is 9.68. The first-order valence-electron chi connectivity index (χ1n) is 12.4. The highest BCUT2D eigenvalue weighted by molar-refractivity contribution is 6.02. The van der Waals surface area contributed by atoms with Crippen molar-refractivity contribution in [3.05, 3.63) is 41.5 Å². The summed E-state index contributed by atoms with van der Waals surface area (Å²) in [6, 6.07) is 4.53. The van der Waals surface area contributed by atoms with Gasteiger partial charge in [0.15, 0.2) is 0 Å². The molecule has 3 amide bonds. The van der Waals surface area contributed by atoms with Crippen LogP contribution >= 0.6 is 0 Å². The van der Waals surface area contributed by atoms with Crippen molar-refractivity contribution in [1.82, 2.24) is 10.2 Å². The zero-order valence-corrected chi connectivity index (χ0v) is 21.2. The molecule has 186 valence electrons. The molecular formula is C27H39N3O4. The van der Waals surface area contributed by atoms with E-state index >= 15 is 0 Å². The number of hydrogen-bond acceptors (Lipinski definition) is 4. The van der Waals surface area contributed by atoms with Crippen molar-refractivity contribution in [1.29, 1.82) is 0 Å². The van der Waals surface area contributed by atoms with Gasteiger partial charge in [0, 0.05) is 18.7 Å². The van der Waals surface area contributed by atoms with E-state index in [0.717, 1.165) is 24.0 Å². The number of carbonyl (C=O) groups is 3. The van der Waals surface area contributed by atoms with E-state index in [1.807, 2.05) is 58.0 Å². The molecule has 1 aliphatic heterocycles. The summed E-state index contributed by atoms with van der Waals surface area (Å²) in [5.41, 5.74) is 2.66. The smallest absolute Gasteiger partial charge is 0.247 e. The van der Waals surface area contributed by atoms with Crippen molar-refractivity contribution in [2.75, 3.05) is 19.0 Å². The first-order valence-corrected chi connectivity index (χ1v) is 12.4. The molecule has 0 bridgehead atoms. The molecule has 0 unspecified atom stereocenters. The summed E-state index contributed by atoms with van der Waals surface area (Å²) in [4.78, 5) is 42.3. The van der Waals surface area contributed by atoms with E-state index < -0.39 is 29.8 Å². The molecule has 7 heteroatoms. The number of nitrogens with one attached hydrogen (secondary N) is 2. The molecule has 0 saturated carbocycles. The largest absolute Gasteiger partial charge is 0.394 e. The van der Waals surface area contributed by atoms with Crippen LogP contribution in [-0.4, -0.2) is 53.5 Å². The molecule has 1 heterocycles. The first kappa shape index (κ1) is 25.9. The summed E-state index contributed by atoms with van der Waals surface area (Å²) in [7, 11) is 1.59. The minimum absolute atomic E-state index is 0.0565. The molecule has 1 aliphatic carbocycles. The van der Waals surface area contributed by atoms with E-state index in [0.29, 0.717) is 5.69 Å². The maximum atomic E-state index is 13.9. The molecule has 3 rings (SSSR count). The van der Waals surface area contributed by atoms with E-state index in [2.05, 4.69) is 17.6 Å². The van der Waals surface area contributed by atoms with Gasteiger partial charge in [0.2, 0.25) is 17.7 Å². The molecule has 1 aromatic carbocycles. The fourth-order valence-electron chi connectivity index (χ4n) is 5.63. The number of benzene rings is 1. The number of anilines is 1. The van der Waals surface area contributed by atoms with Gasteiger partial charge in [0.05, 0.1) is 24.5 Å². The van der Waals surface area contributed by atoms with Crippen LogP contribution in [0.1, 0.15) is 44.7 Å². The third-order valence-corrected chi connectivity index (χ3v) is 7.45. The minimum Gasteiger partial charge on any atom is -0.394 e. The summed E-state index contributed by atoms with van der Waals surface area (Å²) in [5.74, 6) is -2.43. The highest BCUT2D eigenvalue weighted by Crippen LogP contribution is 2.46. The standard InChI is InChI=1S/C27H39N3O4/c1-7-8-18-11-12-19-23(22(18)25(32)28-6)27(34)30(21(14-31)15(2)3)24(19)26(33)29-20-13-16(4)9-10-17(20)5/h9-13,15,18-19,21-24,31H,7-8,14H2,1-6H3,(H,28,32)(H,29,33)/t18-,19+,21+,22-,23-,24+/m1/s1. The molecule has 0 radical (unpaired) electrons. The summed E-state index contributed by atoms with van der Waals surface area (Å²) in [6.07, 6.45) is 5.66. The van der Waals surface area contributed by atoms with Gasteiger partial charge in [-0.3, -0.25) is 14.4 Å². The van der Waals surface area contributed by atoms with E-state index in [9.17, 15) is 19.5 Å². The van der Waals surface area contributed by atoms with Crippen LogP contribution in [-0.2, 0) is 14.4 Å². The van der Waals surface area contributed by atoms with Gasteiger partial charge >= 0.3 is 0 Å². The van der Waals surface area contributed by atoms with Crippen LogP contribution in [0, 0.1) is 43.4 Å². The Morgan fingerprint density at radius 1 is 1.15 bits per heavy atom. The van der Waals surface area contributed by atoms with E-state index in [1.54, 1.807) is 11.9 Å². The van der Waals surface area contributed by atoms with Crippen LogP contribution in [0.15, 0.2) is 30.4 Å². The van der Waals surface area contributed by atoms with Crippen molar-refractivity contribution < 1.29 is 19.5 Å². The van der Waals surface area contributed by atoms with Gasteiger partial charge in [-0.2, -0.15) is 0 Å². The third-order valence-electron chi connectivity index (χ3n) is 7.45. The van der Waals surface area contributed by atoms with Gasteiger partial charge in [-0.05, 0) is 49.3 Å². The molecule has 1 fully saturated rings. The highest BCUT2D eigenvalue weighted by atomic mass is 16.3. The van der Waals surface area contributed by atoms with Gasteiger partial charge in [-0.25, -0.2) is 0 Å². The highest BCUT2D eigenvalue weighted by Gasteiger charge is 2.58. The molecule has 3 N–H and O–H groups in total. The number of rotatable bonds is 8. The summed E-state index contributed by atoms with van der Waals surface area (Å²) in [5, 5.41) is 16.0. The lowest BCUT2D eigenvalue weighted by molar-refractivity contribution is -0.143. The van der Waals surface area contributed by atoms with E-state index in [1.165, 1.54) is 0 Å². The zero-order chi connectivity index (χ0) is 25.2. The Morgan fingerprint density at radius 2 is 1.85 bits per heavy atom. The summed E-state index contributed by atoms with van der Waals surface area (Å²) >= 11 is 0. The SMILES string of the molecule is CCC[C@@H]1C=C[C@H]2[C@@H](C(=O)N([C@@H](CO)C(C)C)[C@@H]2C(=O)Nc2cc(C)ccc2C)[C@@H]1C(=O)NC. The second kappa shape index (κ2) is 10.7. The van der Waals surface area contributed by atoms with Crippen LogP contribution in [0.2, 0.25) is 0 Å². The number of aryl methyl sites for hydroxylation is 2. The van der Waals surface area contributed by atoms with Crippen molar-refractivity contribution >= 4 is 23.4 Å². The Labute approximate surface area is 203 Å². The fraction of sp³-hybridized carbons (Fsp3) is 0.593. The number of nitrogens with zero attached hydrogens (tertiary/aromatic N) is 1. The second-order valence-electron chi connectivity index (χ2n) is 10.1. The molecule has 0 aromatic heterocycles. The number of allylic oxidation sites excluding steroid dienone is 1. The van der Waals surface area contributed by atoms with Gasteiger partial charge in [-0.15, -0.1) is 0 Å². The van der Waals surface area contributed by atoms with Gasteiger partial charge in [0.1, 0.15) is 6.04 Å². The molecule has 34 heavy (non-hydrogen) atoms. The zero-order valence-electron chi connectivity index (χ0n) is 21.2. The number of fused-ring (bicyclic) bond motifs is 1. The minimum atomic E-state index is -0.803. The number of aliphatic hydroxyl groups excluding tert-OH is 1. The maximum absolute atomic E-state index is 13.9. The lowest BCUT2D eigenvalue weighted by Crippen LogP contribution is -2.52. The monoisotopic (exact) mass is 469 g/mol. The molecule has 6 atom stereocenters.